The van der Waals surface area contributed by atoms with E-state index in [2.05, 4.69) is 18.8 Å². The Balaban J connectivity index is 2.21. The normalized spacial score (nSPS) is 20.2. The van der Waals surface area contributed by atoms with Crippen LogP contribution in [-0.4, -0.2) is 11.6 Å². The minimum absolute atomic E-state index is 0.144. The van der Waals surface area contributed by atoms with Gasteiger partial charge in [-0.05, 0) is 30.7 Å². The van der Waals surface area contributed by atoms with Crippen molar-refractivity contribution < 1.29 is 13.5 Å². The lowest BCUT2D eigenvalue weighted by atomic mass is 9.82. The number of ether oxygens (including phenoxy) is 1. The number of fused-ring (bicyclic) bond motifs is 1. The first-order valence-electron chi connectivity index (χ1n) is 6.74. The van der Waals surface area contributed by atoms with Crippen LogP contribution in [-0.2, 0) is 5.41 Å². The van der Waals surface area contributed by atoms with Gasteiger partial charge in [0.15, 0.2) is 11.6 Å². The van der Waals surface area contributed by atoms with Crippen LogP contribution in [0.15, 0.2) is 24.3 Å². The molecule has 0 amide bonds. The molecule has 1 atom stereocenters. The Morgan fingerprint density at radius 3 is 2.71 bits per heavy atom. The smallest absolute Gasteiger partial charge is 0.159 e. The fraction of sp³-hybridized carbons (Fsp3) is 0.312. The van der Waals surface area contributed by atoms with Gasteiger partial charge in [-0.3, -0.25) is 0 Å². The molecule has 0 saturated heterocycles. The highest BCUT2D eigenvalue weighted by atomic mass is 35.5. The summed E-state index contributed by atoms with van der Waals surface area (Å²) < 4.78 is 32.3. The van der Waals surface area contributed by atoms with Gasteiger partial charge in [-0.25, -0.2) is 13.8 Å². The number of hydrogen-bond acceptors (Lipinski definition) is 2. The van der Waals surface area contributed by atoms with Gasteiger partial charge in [0.05, 0.1) is 6.61 Å². The fourth-order valence-corrected chi connectivity index (χ4v) is 2.73. The number of pyridine rings is 1. The molecule has 0 fully saturated rings. The largest absolute Gasteiger partial charge is 0.490 e. The zero-order valence-electron chi connectivity index (χ0n) is 11.7. The van der Waals surface area contributed by atoms with Crippen molar-refractivity contribution in [2.24, 2.45) is 0 Å². The van der Waals surface area contributed by atoms with Gasteiger partial charge in [-0.15, -0.1) is 0 Å². The van der Waals surface area contributed by atoms with Crippen LogP contribution < -0.4 is 4.74 Å². The van der Waals surface area contributed by atoms with Crippen LogP contribution in [0.4, 0.5) is 8.78 Å². The first-order chi connectivity index (χ1) is 9.94. The van der Waals surface area contributed by atoms with Gasteiger partial charge in [0, 0.05) is 16.5 Å². The average Bonchev–Trinajstić information content (AvgIpc) is 2.79. The summed E-state index contributed by atoms with van der Waals surface area (Å²) >= 11 is 6.10. The molecule has 0 spiro atoms. The number of halogens is 3. The molecule has 3 rings (SSSR count). The first kappa shape index (κ1) is 14.3. The molecule has 0 bridgehead atoms. The van der Waals surface area contributed by atoms with Crippen LogP contribution in [0.2, 0.25) is 5.15 Å². The lowest BCUT2D eigenvalue weighted by molar-refractivity contribution is 0.273. The van der Waals surface area contributed by atoms with Gasteiger partial charge in [0.25, 0.3) is 0 Å². The number of hydrogen-bond donors (Lipinski definition) is 0. The van der Waals surface area contributed by atoms with Crippen molar-refractivity contribution >= 4 is 11.6 Å². The predicted molar refractivity (Wildman–Crippen MR) is 77.7 cm³/mol. The first-order valence-corrected chi connectivity index (χ1v) is 7.11. The minimum atomic E-state index is -0.917. The van der Waals surface area contributed by atoms with Crippen molar-refractivity contribution in [3.05, 3.63) is 46.6 Å². The van der Waals surface area contributed by atoms with Crippen molar-refractivity contribution in [3.63, 3.8) is 0 Å². The summed E-state index contributed by atoms with van der Waals surface area (Å²) in [7, 11) is 0. The molecule has 0 aliphatic carbocycles. The Labute approximate surface area is 126 Å². The molecule has 5 heteroatoms. The lowest BCUT2D eigenvalue weighted by Crippen LogP contribution is -2.22. The Morgan fingerprint density at radius 1 is 1.29 bits per heavy atom. The minimum Gasteiger partial charge on any atom is -0.490 e. The number of aromatic nitrogens is 1. The third-order valence-corrected chi connectivity index (χ3v) is 4.29. The van der Waals surface area contributed by atoms with Crippen molar-refractivity contribution in [3.8, 4) is 17.0 Å². The van der Waals surface area contributed by atoms with E-state index in [0.29, 0.717) is 28.8 Å². The Morgan fingerprint density at radius 2 is 2.05 bits per heavy atom. The van der Waals surface area contributed by atoms with E-state index in [9.17, 15) is 8.78 Å². The zero-order valence-corrected chi connectivity index (χ0v) is 12.5. The van der Waals surface area contributed by atoms with Crippen LogP contribution in [0.1, 0.15) is 25.8 Å². The number of benzene rings is 1. The second-order valence-corrected chi connectivity index (χ2v) is 5.89. The highest BCUT2D eigenvalue weighted by Gasteiger charge is 2.37. The Hall–Kier alpha value is -1.68. The summed E-state index contributed by atoms with van der Waals surface area (Å²) in [5.41, 5.74) is 1.72. The summed E-state index contributed by atoms with van der Waals surface area (Å²) in [6, 6.07) is 5.45. The van der Waals surface area contributed by atoms with Crippen molar-refractivity contribution in [2.45, 2.75) is 25.7 Å². The number of rotatable bonds is 2. The highest BCUT2D eigenvalue weighted by molar-refractivity contribution is 6.29. The molecular formula is C16H14ClF2NO. The molecule has 1 unspecified atom stereocenters. The van der Waals surface area contributed by atoms with E-state index in [1.54, 1.807) is 6.07 Å². The molecule has 1 aliphatic rings. The van der Waals surface area contributed by atoms with Crippen LogP contribution in [0.25, 0.3) is 11.3 Å². The molecule has 2 heterocycles. The highest BCUT2D eigenvalue weighted by Crippen LogP contribution is 2.46. The zero-order chi connectivity index (χ0) is 15.2. The van der Waals surface area contributed by atoms with Gasteiger partial charge in [0.2, 0.25) is 0 Å². The van der Waals surface area contributed by atoms with E-state index in [1.807, 2.05) is 0 Å². The van der Waals surface area contributed by atoms with E-state index in [1.165, 1.54) is 6.07 Å². The molecule has 0 N–H and O–H groups in total. The molecule has 110 valence electrons. The summed E-state index contributed by atoms with van der Waals surface area (Å²) in [5.74, 6) is -1.20. The maximum atomic E-state index is 13.5. The standard InChI is InChI=1S/C16H14ClF2NO/c1-3-16(2)8-21-15-10(16)7-13(17)20-14(15)9-4-5-11(18)12(19)6-9/h4-7H,3,8H2,1-2H3. The Kier molecular flexibility index (Phi) is 3.36. The topological polar surface area (TPSA) is 22.1 Å². The summed E-state index contributed by atoms with van der Waals surface area (Å²) in [6.07, 6.45) is 0.886. The maximum Gasteiger partial charge on any atom is 0.159 e. The quantitative estimate of drug-likeness (QED) is 0.747. The maximum absolute atomic E-state index is 13.5. The summed E-state index contributed by atoms with van der Waals surface area (Å²) in [4.78, 5) is 4.24. The summed E-state index contributed by atoms with van der Waals surface area (Å²) in [5, 5.41) is 0.318. The third kappa shape index (κ3) is 2.27. The number of nitrogens with zero attached hydrogens (tertiary/aromatic N) is 1. The molecular weight excluding hydrogens is 296 g/mol. The van der Waals surface area contributed by atoms with E-state index in [0.717, 1.165) is 24.1 Å². The van der Waals surface area contributed by atoms with Gasteiger partial charge < -0.3 is 4.74 Å². The molecule has 21 heavy (non-hydrogen) atoms. The van der Waals surface area contributed by atoms with Gasteiger partial charge in [0.1, 0.15) is 16.6 Å². The van der Waals surface area contributed by atoms with Crippen LogP contribution in [0.3, 0.4) is 0 Å². The van der Waals surface area contributed by atoms with Gasteiger partial charge >= 0.3 is 0 Å². The molecule has 2 nitrogen and oxygen atoms in total. The molecule has 1 aliphatic heterocycles. The van der Waals surface area contributed by atoms with Gasteiger partial charge in [-0.2, -0.15) is 0 Å². The van der Waals surface area contributed by atoms with Gasteiger partial charge in [-0.1, -0.05) is 25.4 Å². The lowest BCUT2D eigenvalue weighted by Gasteiger charge is -2.20. The second kappa shape index (κ2) is 4.95. The molecule has 1 aromatic carbocycles. The van der Waals surface area contributed by atoms with Crippen LogP contribution in [0, 0.1) is 11.6 Å². The van der Waals surface area contributed by atoms with E-state index < -0.39 is 11.6 Å². The van der Waals surface area contributed by atoms with E-state index >= 15 is 0 Å². The molecule has 1 aromatic heterocycles. The van der Waals surface area contributed by atoms with E-state index in [4.69, 9.17) is 16.3 Å². The average molecular weight is 310 g/mol. The van der Waals surface area contributed by atoms with E-state index in [-0.39, 0.29) is 5.41 Å². The van der Waals surface area contributed by atoms with Crippen molar-refractivity contribution in [1.29, 1.82) is 0 Å². The fourth-order valence-electron chi connectivity index (χ4n) is 2.54. The predicted octanol–water partition coefficient (Wildman–Crippen LogP) is 4.74. The third-order valence-electron chi connectivity index (χ3n) is 4.10. The SMILES string of the molecule is CCC1(C)COc2c1cc(Cl)nc2-c1ccc(F)c(F)c1. The molecule has 2 aromatic rings. The second-order valence-electron chi connectivity index (χ2n) is 5.50. The Bertz CT molecular complexity index is 720. The van der Waals surface area contributed by atoms with Crippen molar-refractivity contribution in [2.75, 3.05) is 6.61 Å². The van der Waals surface area contributed by atoms with Crippen LogP contribution in [0.5, 0.6) is 5.75 Å². The van der Waals surface area contributed by atoms with Crippen molar-refractivity contribution in [1.82, 2.24) is 4.98 Å². The van der Waals surface area contributed by atoms with Crippen LogP contribution >= 0.6 is 11.6 Å². The molecule has 0 radical (unpaired) electrons. The monoisotopic (exact) mass is 309 g/mol. The summed E-state index contributed by atoms with van der Waals surface area (Å²) in [6.45, 7) is 4.69. The molecule has 0 saturated carbocycles.